The van der Waals surface area contributed by atoms with E-state index in [4.69, 9.17) is 4.74 Å². The summed E-state index contributed by atoms with van der Waals surface area (Å²) in [4.78, 5) is 24.9. The number of amides is 2. The van der Waals surface area contributed by atoms with Gasteiger partial charge in [-0.1, -0.05) is 6.58 Å². The zero-order valence-electron chi connectivity index (χ0n) is 12.6. The second-order valence-electron chi connectivity index (χ2n) is 5.45. The normalized spacial score (nSPS) is 18.7. The number of allylic oxidation sites excluding steroid dienone is 1. The summed E-state index contributed by atoms with van der Waals surface area (Å²) in [5.41, 5.74) is 0.296. The molecule has 0 saturated carbocycles. The molecule has 1 aromatic carbocycles. The number of rotatable bonds is 5. The highest BCUT2D eigenvalue weighted by molar-refractivity contribution is 5.95. The average molecular weight is 325 g/mol. The Bertz CT molecular complexity index is 647. The van der Waals surface area contributed by atoms with Gasteiger partial charge in [-0.05, 0) is 31.1 Å². The number of carbonyl (C=O) groups is 2. The van der Waals surface area contributed by atoms with Crippen molar-refractivity contribution in [1.82, 2.24) is 4.90 Å². The second-order valence-corrected chi connectivity index (χ2v) is 5.45. The lowest BCUT2D eigenvalue weighted by molar-refractivity contribution is -0.134. The summed E-state index contributed by atoms with van der Waals surface area (Å²) in [5, 5.41) is 9.44. The van der Waals surface area contributed by atoms with E-state index in [1.807, 2.05) is 0 Å². The lowest BCUT2D eigenvalue weighted by atomic mass is 9.94. The largest absolute Gasteiger partial charge is 0.447 e. The standard InChI is InChI=1S/C16H17F2NO4/c1-9(13-4-3-12(17)6-14(13)18)5-11(7-20)15(21)19-10(2)8-23-16(19)22/h3-4,6,10-11,20H,1,5,7-8H2,2H3/t10-,11?/m1/s1. The van der Waals surface area contributed by atoms with E-state index >= 15 is 0 Å². The molecule has 2 rings (SSSR count). The minimum Gasteiger partial charge on any atom is -0.447 e. The van der Waals surface area contributed by atoms with E-state index < -0.39 is 42.2 Å². The quantitative estimate of drug-likeness (QED) is 0.902. The zero-order valence-corrected chi connectivity index (χ0v) is 12.6. The van der Waals surface area contributed by atoms with Crippen LogP contribution in [0.1, 0.15) is 18.9 Å². The van der Waals surface area contributed by atoms with Gasteiger partial charge in [0, 0.05) is 11.6 Å². The molecular formula is C16H17F2NO4. The summed E-state index contributed by atoms with van der Waals surface area (Å²) in [6.45, 7) is 4.90. The number of aliphatic hydroxyl groups is 1. The summed E-state index contributed by atoms with van der Waals surface area (Å²) >= 11 is 0. The first-order chi connectivity index (χ1) is 10.8. The van der Waals surface area contributed by atoms with Crippen molar-refractivity contribution in [2.75, 3.05) is 13.2 Å². The number of imide groups is 1. The van der Waals surface area contributed by atoms with Crippen LogP contribution in [-0.2, 0) is 9.53 Å². The van der Waals surface area contributed by atoms with Gasteiger partial charge in [0.05, 0.1) is 18.6 Å². The van der Waals surface area contributed by atoms with Crippen molar-refractivity contribution in [2.45, 2.75) is 19.4 Å². The van der Waals surface area contributed by atoms with Crippen LogP contribution in [0, 0.1) is 17.6 Å². The number of hydrogen-bond donors (Lipinski definition) is 1. The monoisotopic (exact) mass is 325 g/mol. The first-order valence-corrected chi connectivity index (χ1v) is 7.09. The summed E-state index contributed by atoms with van der Waals surface area (Å²) in [6.07, 6.45) is -0.825. The fraction of sp³-hybridized carbons (Fsp3) is 0.375. The second kappa shape index (κ2) is 6.87. The van der Waals surface area contributed by atoms with Crippen LogP contribution in [-0.4, -0.2) is 41.3 Å². The average Bonchev–Trinajstić information content (AvgIpc) is 2.83. The van der Waals surface area contributed by atoms with Gasteiger partial charge in [0.1, 0.15) is 18.2 Å². The van der Waals surface area contributed by atoms with Crippen LogP contribution in [0.3, 0.4) is 0 Å². The molecule has 0 aromatic heterocycles. The molecule has 2 atom stereocenters. The Hall–Kier alpha value is -2.28. The van der Waals surface area contributed by atoms with Crippen LogP contribution in [0.25, 0.3) is 5.57 Å². The van der Waals surface area contributed by atoms with Crippen molar-refractivity contribution in [3.63, 3.8) is 0 Å². The van der Waals surface area contributed by atoms with Gasteiger partial charge < -0.3 is 9.84 Å². The van der Waals surface area contributed by atoms with E-state index in [9.17, 15) is 23.5 Å². The fourth-order valence-corrected chi connectivity index (χ4v) is 2.43. The van der Waals surface area contributed by atoms with Crippen molar-refractivity contribution in [1.29, 1.82) is 0 Å². The molecule has 1 heterocycles. The zero-order chi connectivity index (χ0) is 17.1. The highest BCUT2D eigenvalue weighted by Gasteiger charge is 2.38. The lowest BCUT2D eigenvalue weighted by Crippen LogP contribution is -2.42. The van der Waals surface area contributed by atoms with Gasteiger partial charge in [-0.25, -0.2) is 18.5 Å². The molecule has 0 aliphatic carbocycles. The van der Waals surface area contributed by atoms with Gasteiger partial charge in [-0.15, -0.1) is 0 Å². The molecule has 2 amide bonds. The molecule has 5 nitrogen and oxygen atoms in total. The SMILES string of the molecule is C=C(CC(CO)C(=O)N1C(=O)OC[C@H]1C)c1ccc(F)cc1F. The Balaban J connectivity index is 2.14. The summed E-state index contributed by atoms with van der Waals surface area (Å²) in [7, 11) is 0. The highest BCUT2D eigenvalue weighted by Crippen LogP contribution is 2.26. The van der Waals surface area contributed by atoms with E-state index in [2.05, 4.69) is 6.58 Å². The van der Waals surface area contributed by atoms with Gasteiger partial charge in [0.25, 0.3) is 0 Å². The van der Waals surface area contributed by atoms with E-state index in [1.165, 1.54) is 6.07 Å². The Morgan fingerprint density at radius 2 is 2.22 bits per heavy atom. The molecule has 1 unspecified atom stereocenters. The molecule has 124 valence electrons. The van der Waals surface area contributed by atoms with E-state index in [0.29, 0.717) is 0 Å². The first-order valence-electron chi connectivity index (χ1n) is 7.09. The van der Waals surface area contributed by atoms with Crippen LogP contribution in [0.2, 0.25) is 0 Å². The minimum absolute atomic E-state index is 0.0611. The maximum absolute atomic E-state index is 13.7. The molecule has 1 aromatic rings. The Labute approximate surface area is 132 Å². The molecular weight excluding hydrogens is 308 g/mol. The molecule has 1 fully saturated rings. The molecule has 0 spiro atoms. The number of nitrogens with zero attached hydrogens (tertiary/aromatic N) is 1. The molecule has 0 bridgehead atoms. The third-order valence-corrected chi connectivity index (χ3v) is 3.70. The van der Waals surface area contributed by atoms with E-state index in [1.54, 1.807) is 6.92 Å². The summed E-state index contributed by atoms with van der Waals surface area (Å²) in [6, 6.07) is 2.59. The van der Waals surface area contributed by atoms with Crippen molar-refractivity contribution in [2.24, 2.45) is 5.92 Å². The molecule has 0 radical (unpaired) electrons. The smallest absolute Gasteiger partial charge is 0.416 e. The van der Waals surface area contributed by atoms with Gasteiger partial charge >= 0.3 is 6.09 Å². The van der Waals surface area contributed by atoms with Crippen LogP contribution >= 0.6 is 0 Å². The maximum Gasteiger partial charge on any atom is 0.416 e. The fourth-order valence-electron chi connectivity index (χ4n) is 2.43. The molecule has 1 N–H and O–H groups in total. The Morgan fingerprint density at radius 3 is 2.74 bits per heavy atom. The summed E-state index contributed by atoms with van der Waals surface area (Å²) < 4.78 is 31.5. The third-order valence-electron chi connectivity index (χ3n) is 3.70. The van der Waals surface area contributed by atoms with Crippen LogP contribution in [0.15, 0.2) is 24.8 Å². The van der Waals surface area contributed by atoms with Crippen LogP contribution in [0.4, 0.5) is 13.6 Å². The highest BCUT2D eigenvalue weighted by atomic mass is 19.1. The number of hydrogen-bond acceptors (Lipinski definition) is 4. The van der Waals surface area contributed by atoms with Crippen molar-refractivity contribution < 1.29 is 28.2 Å². The van der Waals surface area contributed by atoms with Crippen molar-refractivity contribution in [3.05, 3.63) is 42.0 Å². The Kier molecular flexibility index (Phi) is 5.10. The number of cyclic esters (lactones) is 1. The third kappa shape index (κ3) is 3.56. The molecule has 1 saturated heterocycles. The van der Waals surface area contributed by atoms with E-state index in [-0.39, 0.29) is 24.2 Å². The van der Waals surface area contributed by atoms with Crippen LogP contribution < -0.4 is 0 Å². The first kappa shape index (κ1) is 17.1. The maximum atomic E-state index is 13.7. The van der Waals surface area contributed by atoms with Crippen LogP contribution in [0.5, 0.6) is 0 Å². The predicted molar refractivity (Wildman–Crippen MR) is 78.2 cm³/mol. The number of benzene rings is 1. The molecule has 1 aliphatic heterocycles. The minimum atomic E-state index is -0.958. The number of ether oxygens (including phenoxy) is 1. The number of aliphatic hydroxyl groups excluding tert-OH is 1. The van der Waals surface area contributed by atoms with Gasteiger partial charge in [-0.3, -0.25) is 4.79 Å². The van der Waals surface area contributed by atoms with Crippen molar-refractivity contribution >= 4 is 17.6 Å². The van der Waals surface area contributed by atoms with Crippen molar-refractivity contribution in [3.8, 4) is 0 Å². The molecule has 7 heteroatoms. The van der Waals surface area contributed by atoms with Gasteiger partial charge in [-0.2, -0.15) is 0 Å². The van der Waals surface area contributed by atoms with Gasteiger partial charge in [0.15, 0.2) is 0 Å². The number of carbonyl (C=O) groups excluding carboxylic acids is 2. The molecule has 1 aliphatic rings. The van der Waals surface area contributed by atoms with E-state index in [0.717, 1.165) is 17.0 Å². The van der Waals surface area contributed by atoms with Gasteiger partial charge in [0.2, 0.25) is 5.91 Å². The Morgan fingerprint density at radius 1 is 1.52 bits per heavy atom. The lowest BCUT2D eigenvalue weighted by Gasteiger charge is -2.22. The summed E-state index contributed by atoms with van der Waals surface area (Å²) in [5.74, 6) is -3.08. The number of halogens is 2. The molecule has 23 heavy (non-hydrogen) atoms. The topological polar surface area (TPSA) is 66.8 Å². The predicted octanol–water partition coefficient (Wildman–Crippen LogP) is 2.34.